The van der Waals surface area contributed by atoms with Gasteiger partial charge in [-0.1, -0.05) is 11.6 Å². The lowest BCUT2D eigenvalue weighted by atomic mass is 10.3. The topological polar surface area (TPSA) is 142 Å². The fourth-order valence-corrected chi connectivity index (χ4v) is 2.76. The molecule has 31 heavy (non-hydrogen) atoms. The van der Waals surface area contributed by atoms with Gasteiger partial charge < -0.3 is 19.8 Å². The molecule has 2 amide bonds. The number of aryl methyl sites for hydroxylation is 1. The van der Waals surface area contributed by atoms with Crippen LogP contribution < -0.4 is 15.4 Å². The van der Waals surface area contributed by atoms with Gasteiger partial charge in [-0.15, -0.1) is 0 Å². The first-order valence-corrected chi connectivity index (χ1v) is 9.46. The molecular weight excluding hydrogens is 430 g/mol. The molecule has 0 aliphatic rings. The second-order valence-electron chi connectivity index (χ2n) is 6.21. The van der Waals surface area contributed by atoms with E-state index in [9.17, 15) is 19.7 Å². The number of halogens is 1. The second-order valence-corrected chi connectivity index (χ2v) is 6.61. The lowest BCUT2D eigenvalue weighted by Crippen LogP contribution is -2.21. The number of furan rings is 1. The van der Waals surface area contributed by atoms with Crippen LogP contribution in [-0.4, -0.2) is 33.6 Å². The molecule has 0 atom stereocenters. The quantitative estimate of drug-likeness (QED) is 0.398. The highest BCUT2D eigenvalue weighted by molar-refractivity contribution is 6.32. The number of nitrogens with zero attached hydrogens (tertiary/aromatic N) is 3. The number of amides is 2. The molecule has 0 saturated carbocycles. The number of hydrogen-bond donors (Lipinski definition) is 2. The number of rotatable bonds is 8. The summed E-state index contributed by atoms with van der Waals surface area (Å²) in [6.07, 6.45) is 1.54. The van der Waals surface area contributed by atoms with Crippen LogP contribution in [0.15, 0.2) is 40.9 Å². The minimum absolute atomic E-state index is 0.0177. The van der Waals surface area contributed by atoms with Gasteiger partial charge in [0.05, 0.1) is 21.7 Å². The molecule has 1 aromatic carbocycles. The Hall–Kier alpha value is -3.86. The van der Waals surface area contributed by atoms with Gasteiger partial charge in [-0.25, -0.2) is 0 Å². The number of carbonyl (C=O) groups is 2. The normalized spacial score (nSPS) is 10.5. The van der Waals surface area contributed by atoms with Crippen LogP contribution in [-0.2, 0) is 13.2 Å². The summed E-state index contributed by atoms with van der Waals surface area (Å²) in [4.78, 5) is 34.8. The average Bonchev–Trinajstić information content (AvgIpc) is 3.39. The number of carbonyl (C=O) groups excluding carboxylic acids is 2. The van der Waals surface area contributed by atoms with E-state index < -0.39 is 16.7 Å². The van der Waals surface area contributed by atoms with Gasteiger partial charge in [0.2, 0.25) is 0 Å². The molecular formula is C19H18ClN5O6. The number of anilines is 1. The molecule has 0 aliphatic heterocycles. The number of nitrogens with one attached hydrogen (secondary N) is 2. The molecule has 0 saturated heterocycles. The van der Waals surface area contributed by atoms with Gasteiger partial charge in [0, 0.05) is 25.9 Å². The summed E-state index contributed by atoms with van der Waals surface area (Å²) in [7, 11) is 1.46. The Morgan fingerprint density at radius 3 is 2.74 bits per heavy atom. The van der Waals surface area contributed by atoms with E-state index in [-0.39, 0.29) is 40.2 Å². The van der Waals surface area contributed by atoms with E-state index in [1.807, 2.05) is 6.92 Å². The van der Waals surface area contributed by atoms with Crippen LogP contribution in [0.4, 0.5) is 11.4 Å². The summed E-state index contributed by atoms with van der Waals surface area (Å²) < 4.78 is 12.5. The Kier molecular flexibility index (Phi) is 6.55. The van der Waals surface area contributed by atoms with Crippen LogP contribution in [0.2, 0.25) is 5.02 Å². The number of ether oxygens (including phenoxy) is 1. The summed E-state index contributed by atoms with van der Waals surface area (Å²) in [6.45, 7) is 2.26. The molecule has 0 aliphatic carbocycles. The van der Waals surface area contributed by atoms with Crippen molar-refractivity contribution in [2.24, 2.45) is 0 Å². The summed E-state index contributed by atoms with van der Waals surface area (Å²) in [6, 6.07) is 6.78. The van der Waals surface area contributed by atoms with Crippen molar-refractivity contribution in [1.29, 1.82) is 0 Å². The van der Waals surface area contributed by atoms with E-state index in [1.54, 1.807) is 6.20 Å². The van der Waals surface area contributed by atoms with Crippen molar-refractivity contribution < 1.29 is 23.7 Å². The minimum Gasteiger partial charge on any atom is -0.484 e. The van der Waals surface area contributed by atoms with Crippen molar-refractivity contribution >= 4 is 34.8 Å². The molecule has 3 rings (SSSR count). The molecule has 2 heterocycles. The smallest absolute Gasteiger partial charge is 0.291 e. The van der Waals surface area contributed by atoms with Crippen LogP contribution in [0.5, 0.6) is 5.75 Å². The van der Waals surface area contributed by atoms with Gasteiger partial charge in [0.1, 0.15) is 18.1 Å². The van der Waals surface area contributed by atoms with E-state index in [0.29, 0.717) is 12.3 Å². The Labute approximate surface area is 181 Å². The maximum absolute atomic E-state index is 12.5. The van der Waals surface area contributed by atoms with Crippen molar-refractivity contribution in [3.05, 3.63) is 68.9 Å². The maximum atomic E-state index is 12.5. The maximum Gasteiger partial charge on any atom is 0.291 e. The number of non-ortho nitro benzene ring substituents is 1. The van der Waals surface area contributed by atoms with E-state index in [2.05, 4.69) is 15.7 Å². The molecule has 0 radical (unpaired) electrons. The van der Waals surface area contributed by atoms with E-state index >= 15 is 0 Å². The van der Waals surface area contributed by atoms with Crippen molar-refractivity contribution in [1.82, 2.24) is 15.1 Å². The van der Waals surface area contributed by atoms with Crippen LogP contribution in [0, 0.1) is 10.1 Å². The van der Waals surface area contributed by atoms with Gasteiger partial charge in [-0.05, 0) is 25.1 Å². The van der Waals surface area contributed by atoms with Crippen molar-refractivity contribution in [2.75, 3.05) is 12.4 Å². The molecule has 162 valence electrons. The third kappa shape index (κ3) is 5.01. The number of aromatic nitrogens is 2. The van der Waals surface area contributed by atoms with Gasteiger partial charge in [-0.3, -0.25) is 24.4 Å². The van der Waals surface area contributed by atoms with Crippen molar-refractivity contribution in [2.45, 2.75) is 20.1 Å². The van der Waals surface area contributed by atoms with E-state index in [0.717, 1.165) is 0 Å². The molecule has 3 aromatic rings. The SMILES string of the molecule is CCn1cc(NC(=O)c2ccc(COc3cc([N+](=O)[O-])ccc3Cl)o2)c(C(=O)NC)n1. The van der Waals surface area contributed by atoms with Gasteiger partial charge in [0.15, 0.2) is 11.5 Å². The van der Waals surface area contributed by atoms with Crippen LogP contribution in [0.1, 0.15) is 33.7 Å². The molecule has 12 heteroatoms. The minimum atomic E-state index is -0.583. The second kappa shape index (κ2) is 9.30. The van der Waals surface area contributed by atoms with Gasteiger partial charge >= 0.3 is 0 Å². The summed E-state index contributed by atoms with van der Waals surface area (Å²) in [5.41, 5.74) is 0.148. The lowest BCUT2D eigenvalue weighted by Gasteiger charge is -2.06. The Morgan fingerprint density at radius 1 is 1.29 bits per heavy atom. The third-order valence-electron chi connectivity index (χ3n) is 4.16. The van der Waals surface area contributed by atoms with Crippen LogP contribution >= 0.6 is 11.6 Å². The molecule has 2 N–H and O–H groups in total. The zero-order valence-electron chi connectivity index (χ0n) is 16.5. The lowest BCUT2D eigenvalue weighted by molar-refractivity contribution is -0.384. The zero-order chi connectivity index (χ0) is 22.5. The van der Waals surface area contributed by atoms with Crippen molar-refractivity contribution in [3.8, 4) is 5.75 Å². The Balaban J connectivity index is 1.69. The summed E-state index contributed by atoms with van der Waals surface area (Å²) in [5.74, 6) is -0.634. The largest absolute Gasteiger partial charge is 0.484 e. The Morgan fingerprint density at radius 2 is 2.06 bits per heavy atom. The molecule has 0 fully saturated rings. The molecule has 0 unspecified atom stereocenters. The highest BCUT2D eigenvalue weighted by atomic mass is 35.5. The third-order valence-corrected chi connectivity index (χ3v) is 4.47. The number of nitro groups is 1. The highest BCUT2D eigenvalue weighted by Crippen LogP contribution is 2.29. The molecule has 2 aromatic heterocycles. The monoisotopic (exact) mass is 447 g/mol. The summed E-state index contributed by atoms with van der Waals surface area (Å²) in [5, 5.41) is 20.3. The number of benzene rings is 1. The fourth-order valence-electron chi connectivity index (χ4n) is 2.59. The molecule has 0 spiro atoms. The summed E-state index contributed by atoms with van der Waals surface area (Å²) >= 11 is 6.00. The first kappa shape index (κ1) is 21.8. The first-order chi connectivity index (χ1) is 14.8. The number of hydrogen-bond acceptors (Lipinski definition) is 7. The molecule has 0 bridgehead atoms. The van der Waals surface area contributed by atoms with Gasteiger partial charge in [-0.2, -0.15) is 5.10 Å². The standard InChI is InChI=1S/C19H18ClN5O6/c1-3-24-9-14(17(23-24)19(27)21-2)22-18(26)15-7-5-12(31-15)10-30-16-8-11(25(28)29)4-6-13(16)20/h4-9H,3,10H2,1-2H3,(H,21,27)(H,22,26). The fraction of sp³-hybridized carbons (Fsp3) is 0.211. The van der Waals surface area contributed by atoms with Crippen LogP contribution in [0.3, 0.4) is 0 Å². The van der Waals surface area contributed by atoms with E-state index in [1.165, 1.54) is 42.1 Å². The molecule has 11 nitrogen and oxygen atoms in total. The van der Waals surface area contributed by atoms with E-state index in [4.69, 9.17) is 20.8 Å². The zero-order valence-corrected chi connectivity index (χ0v) is 17.3. The van der Waals surface area contributed by atoms with Crippen molar-refractivity contribution in [3.63, 3.8) is 0 Å². The Bertz CT molecular complexity index is 1140. The average molecular weight is 448 g/mol. The van der Waals surface area contributed by atoms with Crippen LogP contribution in [0.25, 0.3) is 0 Å². The van der Waals surface area contributed by atoms with Gasteiger partial charge in [0.25, 0.3) is 17.5 Å². The number of nitro benzene ring substituents is 1. The highest BCUT2D eigenvalue weighted by Gasteiger charge is 2.20. The predicted molar refractivity (Wildman–Crippen MR) is 110 cm³/mol. The first-order valence-electron chi connectivity index (χ1n) is 9.08. The predicted octanol–water partition coefficient (Wildman–Crippen LogP) is 3.25.